The van der Waals surface area contributed by atoms with Crippen LogP contribution in [0.2, 0.25) is 0 Å². The first-order valence-electron chi connectivity index (χ1n) is 9.99. The van der Waals surface area contributed by atoms with Crippen molar-refractivity contribution in [1.82, 2.24) is 5.32 Å². The van der Waals surface area contributed by atoms with Crippen molar-refractivity contribution >= 4 is 18.0 Å². The molecule has 0 radical (unpaired) electrons. The van der Waals surface area contributed by atoms with E-state index in [-0.39, 0.29) is 23.8 Å². The summed E-state index contributed by atoms with van der Waals surface area (Å²) in [5.41, 5.74) is 2.59. The van der Waals surface area contributed by atoms with E-state index in [4.69, 9.17) is 9.84 Å². The van der Waals surface area contributed by atoms with Crippen molar-refractivity contribution in [2.45, 2.75) is 19.6 Å². The molecule has 6 nitrogen and oxygen atoms in total. The fraction of sp³-hybridized carbons (Fsp3) is 0.115. The number of nitriles is 1. The second kappa shape index (κ2) is 10.6. The largest absolute Gasteiger partial charge is 0.489 e. The van der Waals surface area contributed by atoms with Crippen LogP contribution in [-0.2, 0) is 11.4 Å². The first kappa shape index (κ1) is 22.3. The highest BCUT2D eigenvalue weighted by atomic mass is 16.5. The van der Waals surface area contributed by atoms with Crippen molar-refractivity contribution in [2.24, 2.45) is 0 Å². The van der Waals surface area contributed by atoms with Crippen LogP contribution in [0.5, 0.6) is 5.75 Å². The third-order valence-electron chi connectivity index (χ3n) is 4.78. The Balaban J connectivity index is 1.62. The predicted molar refractivity (Wildman–Crippen MR) is 121 cm³/mol. The quantitative estimate of drug-likeness (QED) is 0.400. The topological polar surface area (TPSA) is 99.4 Å². The lowest BCUT2D eigenvalue weighted by Crippen LogP contribution is -2.27. The summed E-state index contributed by atoms with van der Waals surface area (Å²) < 4.78 is 5.70. The number of rotatable bonds is 8. The molecule has 3 aromatic rings. The Labute approximate surface area is 186 Å². The third kappa shape index (κ3) is 6.07. The van der Waals surface area contributed by atoms with E-state index in [9.17, 15) is 14.9 Å². The maximum absolute atomic E-state index is 12.5. The highest BCUT2D eigenvalue weighted by molar-refractivity contribution is 6.01. The van der Waals surface area contributed by atoms with E-state index in [0.29, 0.717) is 11.3 Å². The zero-order valence-corrected chi connectivity index (χ0v) is 17.5. The number of carbonyl (C=O) groups excluding carboxylic acids is 1. The SMILES string of the molecule is C[C@@H](NC(=O)/C(C#N)=C\c1ccc(OCc2cccc(C(=O)O)c2)cc1)c1ccccc1. The Morgan fingerprint density at radius 2 is 1.78 bits per heavy atom. The molecule has 0 saturated heterocycles. The minimum Gasteiger partial charge on any atom is -0.489 e. The number of nitrogens with zero attached hydrogens (tertiary/aromatic N) is 1. The fourth-order valence-corrected chi connectivity index (χ4v) is 3.04. The van der Waals surface area contributed by atoms with E-state index in [1.54, 1.807) is 42.5 Å². The summed E-state index contributed by atoms with van der Waals surface area (Å²) in [4.78, 5) is 23.6. The van der Waals surface area contributed by atoms with Gasteiger partial charge in [-0.2, -0.15) is 5.26 Å². The lowest BCUT2D eigenvalue weighted by atomic mass is 10.1. The minimum absolute atomic E-state index is 0.00642. The van der Waals surface area contributed by atoms with Crippen molar-refractivity contribution in [3.05, 3.63) is 107 Å². The van der Waals surface area contributed by atoms with Crippen LogP contribution in [0.1, 0.15) is 40.0 Å². The van der Waals surface area contributed by atoms with E-state index < -0.39 is 11.9 Å². The monoisotopic (exact) mass is 426 g/mol. The average Bonchev–Trinajstić information content (AvgIpc) is 2.82. The van der Waals surface area contributed by atoms with Crippen LogP contribution in [0.3, 0.4) is 0 Å². The number of aromatic carboxylic acids is 1. The zero-order chi connectivity index (χ0) is 22.9. The maximum Gasteiger partial charge on any atom is 0.335 e. The Morgan fingerprint density at radius 1 is 1.06 bits per heavy atom. The number of carbonyl (C=O) groups is 2. The van der Waals surface area contributed by atoms with E-state index in [0.717, 1.165) is 11.1 Å². The molecule has 0 unspecified atom stereocenters. The minimum atomic E-state index is -0.988. The van der Waals surface area contributed by atoms with Crippen LogP contribution in [-0.4, -0.2) is 17.0 Å². The molecule has 32 heavy (non-hydrogen) atoms. The predicted octanol–water partition coefficient (Wildman–Crippen LogP) is 4.75. The number of carboxylic acids is 1. The molecule has 1 atom stereocenters. The van der Waals surface area contributed by atoms with Crippen molar-refractivity contribution in [2.75, 3.05) is 0 Å². The normalized spacial score (nSPS) is 11.8. The molecule has 0 aliphatic carbocycles. The molecule has 6 heteroatoms. The average molecular weight is 426 g/mol. The standard InChI is InChI=1S/C26H22N2O4/c1-18(21-7-3-2-4-8-21)28-25(29)23(16-27)14-19-10-12-24(13-11-19)32-17-20-6-5-9-22(15-20)26(30)31/h2-15,18H,17H2,1H3,(H,28,29)(H,30,31)/b23-14-/t18-/m1/s1. The highest BCUT2D eigenvalue weighted by Crippen LogP contribution is 2.18. The number of hydrogen-bond donors (Lipinski definition) is 2. The van der Waals surface area contributed by atoms with Crippen LogP contribution < -0.4 is 10.1 Å². The van der Waals surface area contributed by atoms with Gasteiger partial charge in [0.2, 0.25) is 0 Å². The molecular weight excluding hydrogens is 404 g/mol. The molecule has 0 bridgehead atoms. The molecule has 0 heterocycles. The van der Waals surface area contributed by atoms with Crippen LogP contribution in [0.4, 0.5) is 0 Å². The van der Waals surface area contributed by atoms with Crippen molar-refractivity contribution in [1.29, 1.82) is 5.26 Å². The van der Waals surface area contributed by atoms with E-state index in [1.807, 2.05) is 43.3 Å². The molecular formula is C26H22N2O4. The second-order valence-electron chi connectivity index (χ2n) is 7.14. The lowest BCUT2D eigenvalue weighted by Gasteiger charge is -2.13. The molecule has 2 N–H and O–H groups in total. The summed E-state index contributed by atoms with van der Waals surface area (Å²) in [5, 5.41) is 21.3. The van der Waals surface area contributed by atoms with Gasteiger partial charge in [-0.1, -0.05) is 54.6 Å². The number of benzene rings is 3. The van der Waals surface area contributed by atoms with Gasteiger partial charge in [-0.3, -0.25) is 4.79 Å². The highest BCUT2D eigenvalue weighted by Gasteiger charge is 2.13. The van der Waals surface area contributed by atoms with Gasteiger partial charge in [0.25, 0.3) is 5.91 Å². The van der Waals surface area contributed by atoms with E-state index >= 15 is 0 Å². The van der Waals surface area contributed by atoms with Crippen molar-refractivity contribution in [3.8, 4) is 11.8 Å². The molecule has 160 valence electrons. The molecule has 3 rings (SSSR count). The van der Waals surface area contributed by atoms with Crippen LogP contribution >= 0.6 is 0 Å². The summed E-state index contributed by atoms with van der Waals surface area (Å²) in [6.45, 7) is 2.08. The molecule has 0 aromatic heterocycles. The van der Waals surface area contributed by atoms with Gasteiger partial charge in [0.15, 0.2) is 0 Å². The van der Waals surface area contributed by atoms with Gasteiger partial charge in [0, 0.05) is 0 Å². The Kier molecular flexibility index (Phi) is 7.39. The summed E-state index contributed by atoms with van der Waals surface area (Å²) in [6, 6.07) is 24.7. The number of ether oxygens (including phenoxy) is 1. The van der Waals surface area contributed by atoms with Crippen LogP contribution in [0, 0.1) is 11.3 Å². The van der Waals surface area contributed by atoms with Gasteiger partial charge < -0.3 is 15.2 Å². The Bertz CT molecular complexity index is 1160. The molecule has 0 fully saturated rings. The molecule has 0 spiro atoms. The summed E-state index contributed by atoms with van der Waals surface area (Å²) >= 11 is 0. The number of nitrogens with one attached hydrogen (secondary N) is 1. The molecule has 0 aliphatic heterocycles. The first-order valence-corrected chi connectivity index (χ1v) is 9.99. The Hall–Kier alpha value is -4.37. The molecule has 0 saturated carbocycles. The number of carboxylic acid groups (broad SMARTS) is 1. The van der Waals surface area contributed by atoms with Gasteiger partial charge in [-0.25, -0.2) is 4.79 Å². The van der Waals surface area contributed by atoms with Crippen LogP contribution in [0.25, 0.3) is 6.08 Å². The summed E-state index contributed by atoms with van der Waals surface area (Å²) in [5.74, 6) is -0.843. The van der Waals surface area contributed by atoms with Gasteiger partial charge in [0.05, 0.1) is 11.6 Å². The van der Waals surface area contributed by atoms with Crippen LogP contribution in [0.15, 0.2) is 84.4 Å². The summed E-state index contributed by atoms with van der Waals surface area (Å²) in [6.07, 6.45) is 1.52. The number of amides is 1. The molecule has 3 aromatic carbocycles. The maximum atomic E-state index is 12.5. The lowest BCUT2D eigenvalue weighted by molar-refractivity contribution is -0.117. The van der Waals surface area contributed by atoms with Gasteiger partial charge >= 0.3 is 5.97 Å². The summed E-state index contributed by atoms with van der Waals surface area (Å²) in [7, 11) is 0. The van der Waals surface area contributed by atoms with E-state index in [1.165, 1.54) is 12.1 Å². The van der Waals surface area contributed by atoms with Crippen molar-refractivity contribution < 1.29 is 19.4 Å². The molecule has 1 amide bonds. The Morgan fingerprint density at radius 3 is 2.44 bits per heavy atom. The second-order valence-corrected chi connectivity index (χ2v) is 7.14. The van der Waals surface area contributed by atoms with Gasteiger partial charge in [-0.15, -0.1) is 0 Å². The fourth-order valence-electron chi connectivity index (χ4n) is 3.04. The zero-order valence-electron chi connectivity index (χ0n) is 17.5. The van der Waals surface area contributed by atoms with Crippen molar-refractivity contribution in [3.63, 3.8) is 0 Å². The number of hydrogen-bond acceptors (Lipinski definition) is 4. The van der Waals surface area contributed by atoms with E-state index in [2.05, 4.69) is 5.32 Å². The van der Waals surface area contributed by atoms with Gasteiger partial charge in [-0.05, 0) is 54.0 Å². The third-order valence-corrected chi connectivity index (χ3v) is 4.78. The first-order chi connectivity index (χ1) is 15.5. The molecule has 0 aliphatic rings. The smallest absolute Gasteiger partial charge is 0.335 e. The van der Waals surface area contributed by atoms with Gasteiger partial charge in [0.1, 0.15) is 24.0 Å².